The lowest BCUT2D eigenvalue weighted by molar-refractivity contribution is 0.163. The van der Waals surface area contributed by atoms with Gasteiger partial charge in [0.2, 0.25) is 0 Å². The molecule has 76 valence electrons. The number of hydrogen-bond donors (Lipinski definition) is 0. The van der Waals surface area contributed by atoms with Gasteiger partial charge in [-0.3, -0.25) is 0 Å². The van der Waals surface area contributed by atoms with Gasteiger partial charge in [0.25, 0.3) is 0 Å². The monoisotopic (exact) mass is 223 g/mol. The maximum Gasteiger partial charge on any atom is 0.448 e. The molecule has 0 radical (unpaired) electrons. The summed E-state index contributed by atoms with van der Waals surface area (Å²) in [5.74, 6) is 0. The van der Waals surface area contributed by atoms with Crippen molar-refractivity contribution in [3.8, 4) is 0 Å². The van der Waals surface area contributed by atoms with Gasteiger partial charge in [0.1, 0.15) is 0 Å². The molecule has 0 aliphatic heterocycles. The van der Waals surface area contributed by atoms with Gasteiger partial charge in [0, 0.05) is 8.07 Å². The Morgan fingerprint density at radius 1 is 1.38 bits per heavy atom. The van der Waals surface area contributed by atoms with Crippen molar-refractivity contribution in [3.05, 3.63) is 0 Å². The Morgan fingerprint density at radius 2 is 1.92 bits per heavy atom. The lowest BCUT2D eigenvalue weighted by Gasteiger charge is -2.13. The topological polar surface area (TPSA) is 72.8 Å². The summed E-state index contributed by atoms with van der Waals surface area (Å²) in [6.07, 6.45) is -1.04. The van der Waals surface area contributed by atoms with Crippen LogP contribution in [0.4, 0.5) is 4.79 Å². The summed E-state index contributed by atoms with van der Waals surface area (Å²) in [6.45, 7) is 6.63. The van der Waals surface area contributed by atoms with Gasteiger partial charge in [0.05, 0.1) is 6.61 Å². The van der Waals surface area contributed by atoms with Crippen molar-refractivity contribution in [2.24, 2.45) is 4.36 Å². The van der Waals surface area contributed by atoms with Crippen molar-refractivity contribution in [2.45, 2.75) is 25.7 Å². The fraction of sp³-hybridized carbons (Fsp3) is 0.833. The summed E-state index contributed by atoms with van der Waals surface area (Å²) < 4.78 is 27.1. The Morgan fingerprint density at radius 3 is 2.31 bits per heavy atom. The molecule has 7 heteroatoms. The van der Waals surface area contributed by atoms with Gasteiger partial charge in [-0.15, -0.1) is 0 Å². The molecule has 0 aromatic carbocycles. The normalized spacial score (nSPS) is 10.7. The summed E-state index contributed by atoms with van der Waals surface area (Å²) in [7, 11) is -3.95. The molecule has 0 aliphatic rings. The highest BCUT2D eigenvalue weighted by Gasteiger charge is 2.13. The molecule has 0 fully saturated rings. The Hall–Kier alpha value is -0.693. The minimum absolute atomic E-state index is 0.245. The van der Waals surface area contributed by atoms with Gasteiger partial charge in [-0.25, -0.2) is 4.79 Å². The van der Waals surface area contributed by atoms with Crippen LogP contribution in [0, 0.1) is 0 Å². The van der Waals surface area contributed by atoms with Crippen LogP contribution in [-0.2, 0) is 15.2 Å². The second-order valence-electron chi connectivity index (χ2n) is 3.73. The average Bonchev–Trinajstić information content (AvgIpc) is 1.81. The summed E-state index contributed by atoms with van der Waals surface area (Å²) in [5.41, 5.74) is 0. The third-order valence-corrected chi connectivity index (χ3v) is 3.23. The predicted molar refractivity (Wildman–Crippen MR) is 50.8 cm³/mol. The number of ether oxygens (including phenoxy) is 1. The molecular formula is C6H13NO4SSi. The van der Waals surface area contributed by atoms with Crippen LogP contribution in [0.5, 0.6) is 0 Å². The van der Waals surface area contributed by atoms with Gasteiger partial charge in [-0.2, -0.15) is 8.42 Å². The highest BCUT2D eigenvalue weighted by atomic mass is 32.2. The number of rotatable bonds is 3. The molecule has 0 aliphatic carbocycles. The van der Waals surface area contributed by atoms with Crippen LogP contribution in [0.3, 0.4) is 0 Å². The molecule has 0 unspecified atom stereocenters. The molecule has 0 atom stereocenters. The van der Waals surface area contributed by atoms with Crippen LogP contribution >= 0.6 is 0 Å². The van der Waals surface area contributed by atoms with Crippen molar-refractivity contribution < 1.29 is 17.9 Å². The number of nitrogens with zero attached hydrogens (tertiary/aromatic N) is 1. The third kappa shape index (κ3) is 9.22. The summed E-state index contributed by atoms with van der Waals surface area (Å²) in [5, 5.41) is 0. The minimum Gasteiger partial charge on any atom is -0.448 e. The summed E-state index contributed by atoms with van der Waals surface area (Å²) in [6, 6.07) is 0.805. The molecule has 0 rings (SSSR count). The number of amides is 1. The fourth-order valence-electron chi connectivity index (χ4n) is 0.532. The van der Waals surface area contributed by atoms with E-state index >= 15 is 0 Å². The largest absolute Gasteiger partial charge is 0.448 e. The second-order valence-corrected chi connectivity index (χ2v) is 9.97. The highest BCUT2D eigenvalue weighted by Crippen LogP contribution is 2.07. The van der Waals surface area contributed by atoms with Gasteiger partial charge < -0.3 is 4.74 Å². The van der Waals surface area contributed by atoms with Crippen LogP contribution in [-0.4, -0.2) is 29.2 Å². The van der Waals surface area contributed by atoms with Crippen molar-refractivity contribution in [1.82, 2.24) is 0 Å². The van der Waals surface area contributed by atoms with E-state index in [9.17, 15) is 13.2 Å². The minimum atomic E-state index is -2.71. The van der Waals surface area contributed by atoms with E-state index in [4.69, 9.17) is 0 Å². The van der Waals surface area contributed by atoms with E-state index in [0.29, 0.717) is 0 Å². The number of carbonyl (C=O) groups excluding carboxylic acids is 1. The Labute approximate surface area is 79.8 Å². The van der Waals surface area contributed by atoms with E-state index in [0.717, 1.165) is 6.04 Å². The lowest BCUT2D eigenvalue weighted by atomic mass is 10.8. The molecule has 0 aromatic heterocycles. The maximum atomic E-state index is 10.6. The first-order valence-corrected chi connectivity index (χ1v) is 8.53. The van der Waals surface area contributed by atoms with Crippen LogP contribution in [0.1, 0.15) is 0 Å². The SMILES string of the molecule is C[Si](C)(C)CCOC(=O)N=S(=O)=O. The van der Waals surface area contributed by atoms with E-state index in [2.05, 4.69) is 28.7 Å². The van der Waals surface area contributed by atoms with E-state index in [-0.39, 0.29) is 6.61 Å². The van der Waals surface area contributed by atoms with Crippen molar-refractivity contribution in [3.63, 3.8) is 0 Å². The molecule has 5 nitrogen and oxygen atoms in total. The molecule has 0 saturated heterocycles. The van der Waals surface area contributed by atoms with Crippen LogP contribution < -0.4 is 0 Å². The van der Waals surface area contributed by atoms with Gasteiger partial charge in [-0.1, -0.05) is 24.0 Å². The molecule has 0 spiro atoms. The second kappa shape index (κ2) is 5.13. The summed E-state index contributed by atoms with van der Waals surface area (Å²) >= 11 is 0. The van der Waals surface area contributed by atoms with Crippen molar-refractivity contribution >= 4 is 24.7 Å². The summed E-state index contributed by atoms with van der Waals surface area (Å²) in [4.78, 5) is 10.6. The Kier molecular flexibility index (Phi) is 4.85. The van der Waals surface area contributed by atoms with Gasteiger partial charge in [-0.05, 0) is 6.04 Å². The van der Waals surface area contributed by atoms with E-state index in [1.807, 2.05) is 0 Å². The van der Waals surface area contributed by atoms with Crippen molar-refractivity contribution in [2.75, 3.05) is 6.61 Å². The number of carbonyl (C=O) groups is 1. The Balaban J connectivity index is 3.80. The standard InChI is InChI=1S/C6H13NO4SSi/c1-13(2,3)5-4-11-6(8)7-12(9)10/h4-5H2,1-3H3. The first kappa shape index (κ1) is 12.3. The molecule has 0 bridgehead atoms. The molecule has 13 heavy (non-hydrogen) atoms. The first-order valence-electron chi connectivity index (χ1n) is 3.79. The molecule has 1 amide bonds. The van der Waals surface area contributed by atoms with Crippen molar-refractivity contribution in [1.29, 1.82) is 0 Å². The molecular weight excluding hydrogens is 210 g/mol. The van der Waals surface area contributed by atoms with E-state index in [1.54, 1.807) is 0 Å². The van der Waals surface area contributed by atoms with Gasteiger partial charge in [0.15, 0.2) is 0 Å². The van der Waals surface area contributed by atoms with Gasteiger partial charge >= 0.3 is 16.6 Å². The van der Waals surface area contributed by atoms with E-state index < -0.39 is 24.7 Å². The zero-order valence-corrected chi connectivity index (χ0v) is 9.72. The smallest absolute Gasteiger partial charge is 0.448 e. The van der Waals surface area contributed by atoms with E-state index in [1.165, 1.54) is 0 Å². The predicted octanol–water partition coefficient (Wildman–Crippen LogP) is 1.52. The fourth-order valence-corrected chi connectivity index (χ4v) is 1.42. The molecule has 0 N–H and O–H groups in total. The molecule has 0 saturated carbocycles. The zero-order valence-electron chi connectivity index (χ0n) is 7.90. The Bertz CT molecular complexity index is 295. The average molecular weight is 223 g/mol. The van der Waals surface area contributed by atoms with Crippen LogP contribution in [0.25, 0.3) is 0 Å². The molecule has 0 aromatic rings. The van der Waals surface area contributed by atoms with Crippen LogP contribution in [0.15, 0.2) is 4.36 Å². The molecule has 0 heterocycles. The highest BCUT2D eigenvalue weighted by molar-refractivity contribution is 7.62. The quantitative estimate of drug-likeness (QED) is 0.680. The lowest BCUT2D eigenvalue weighted by Crippen LogP contribution is -2.22. The zero-order chi connectivity index (χ0) is 10.5. The van der Waals surface area contributed by atoms with Crippen LogP contribution in [0.2, 0.25) is 25.7 Å². The number of hydrogen-bond acceptors (Lipinski definition) is 4. The maximum absolute atomic E-state index is 10.6. The first-order chi connectivity index (χ1) is 5.81. The third-order valence-electron chi connectivity index (χ3n) is 1.23.